The minimum absolute atomic E-state index is 0.0174. The maximum atomic E-state index is 14.0. The lowest BCUT2D eigenvalue weighted by Crippen LogP contribution is -2.48. The van der Waals surface area contributed by atoms with Crippen molar-refractivity contribution >= 4 is 30.5 Å². The summed E-state index contributed by atoms with van der Waals surface area (Å²) in [5.74, 6) is 0.346. The Kier molecular flexibility index (Phi) is 13.6. The normalized spacial score (nSPS) is 12.6. The fraction of sp³-hybridized carbons (Fsp3) is 0.286. The molecule has 12 nitrogen and oxygen atoms in total. The number of aromatic nitrogens is 3. The third-order valence-corrected chi connectivity index (χ3v) is 10.3. The standard InChI is InChI=1S/C42H46N5O7P/c1-3-4-7-20-40-46-42(53-47-40)39(26-34-27-43-37-19-13-12-18-36(34)37)45-41(49)38(44-30(2)48)25-31-21-23-35(24-22-31)54-55(50,51-28-32-14-8-5-9-15-32)52-29-33-16-10-6-11-17-33/h5-6,8-19,21-24,27,38-39,43H,3-4,7,20,25-26,28-29H2,1-2H3,(H,44,48)(H,45,49)/t38-,39-/m0/s1. The monoisotopic (exact) mass is 763 g/mol. The number of carbonyl (C=O) groups is 2. The first kappa shape index (κ1) is 39.2. The third kappa shape index (κ3) is 11.5. The number of aryl methyl sites for hydroxylation is 1. The van der Waals surface area contributed by atoms with Crippen LogP contribution in [0.3, 0.4) is 0 Å². The third-order valence-electron chi connectivity index (χ3n) is 8.94. The summed E-state index contributed by atoms with van der Waals surface area (Å²) in [5.41, 5.74) is 4.27. The molecule has 0 saturated heterocycles. The molecule has 3 N–H and O–H groups in total. The number of para-hydroxylation sites is 1. The van der Waals surface area contributed by atoms with Crippen LogP contribution in [0, 0.1) is 0 Å². The molecule has 0 saturated carbocycles. The molecule has 0 unspecified atom stereocenters. The second-order valence-corrected chi connectivity index (χ2v) is 14.9. The Bertz CT molecular complexity index is 2130. The molecule has 0 aliphatic rings. The molecule has 0 aliphatic carbocycles. The maximum absolute atomic E-state index is 14.0. The number of hydrogen-bond acceptors (Lipinski definition) is 9. The van der Waals surface area contributed by atoms with Crippen molar-refractivity contribution in [3.8, 4) is 5.75 Å². The number of fused-ring (bicyclic) bond motifs is 1. The van der Waals surface area contributed by atoms with Crippen molar-refractivity contribution in [1.82, 2.24) is 25.8 Å². The zero-order valence-electron chi connectivity index (χ0n) is 31.0. The number of phosphoric ester groups is 1. The van der Waals surface area contributed by atoms with Crippen molar-refractivity contribution in [2.75, 3.05) is 0 Å². The van der Waals surface area contributed by atoms with E-state index in [-0.39, 0.29) is 31.3 Å². The first-order valence-corrected chi connectivity index (χ1v) is 19.9. The molecule has 2 aromatic heterocycles. The molecule has 0 aliphatic heterocycles. The number of aromatic amines is 1. The van der Waals surface area contributed by atoms with Crippen molar-refractivity contribution in [3.63, 3.8) is 0 Å². The second-order valence-electron chi connectivity index (χ2n) is 13.3. The van der Waals surface area contributed by atoms with Crippen LogP contribution >= 0.6 is 7.82 Å². The summed E-state index contributed by atoms with van der Waals surface area (Å²) in [5, 5.41) is 11.1. The highest BCUT2D eigenvalue weighted by Gasteiger charge is 2.30. The van der Waals surface area contributed by atoms with E-state index in [2.05, 4.69) is 32.7 Å². The summed E-state index contributed by atoms with van der Waals surface area (Å²) in [7, 11) is -4.08. The zero-order valence-corrected chi connectivity index (χ0v) is 31.9. The van der Waals surface area contributed by atoms with Crippen LogP contribution in [0.25, 0.3) is 10.9 Å². The lowest BCUT2D eigenvalue weighted by atomic mass is 10.0. The maximum Gasteiger partial charge on any atom is 0.530 e. The molecule has 4 aromatic carbocycles. The lowest BCUT2D eigenvalue weighted by molar-refractivity contribution is -0.128. The van der Waals surface area contributed by atoms with Gasteiger partial charge in [0.15, 0.2) is 5.82 Å². The van der Waals surface area contributed by atoms with E-state index in [4.69, 9.17) is 18.1 Å². The predicted molar refractivity (Wildman–Crippen MR) is 209 cm³/mol. The Morgan fingerprint density at radius 2 is 1.45 bits per heavy atom. The Hall–Kier alpha value is -5.55. The minimum atomic E-state index is -4.08. The molecular formula is C42H46N5O7P. The van der Waals surface area contributed by atoms with Gasteiger partial charge in [-0.1, -0.05) is 116 Å². The first-order valence-electron chi connectivity index (χ1n) is 18.5. The number of rotatable bonds is 20. The van der Waals surface area contributed by atoms with Crippen LogP contribution in [0.15, 0.2) is 120 Å². The molecule has 6 rings (SSSR count). The van der Waals surface area contributed by atoms with Crippen molar-refractivity contribution in [3.05, 3.63) is 149 Å². The molecule has 0 bridgehead atoms. The molecular weight excluding hydrogens is 717 g/mol. The fourth-order valence-electron chi connectivity index (χ4n) is 6.09. The van der Waals surface area contributed by atoms with Crippen LogP contribution in [0.5, 0.6) is 5.75 Å². The van der Waals surface area contributed by atoms with E-state index < -0.39 is 25.8 Å². The summed E-state index contributed by atoms with van der Waals surface area (Å²) in [6.45, 7) is 3.53. The molecule has 55 heavy (non-hydrogen) atoms. The smallest absolute Gasteiger partial charge is 0.404 e. The number of nitrogens with one attached hydrogen (secondary N) is 3. The van der Waals surface area contributed by atoms with E-state index in [0.717, 1.165) is 52.4 Å². The van der Waals surface area contributed by atoms with Crippen LogP contribution < -0.4 is 15.2 Å². The largest absolute Gasteiger partial charge is 0.530 e. The average molecular weight is 764 g/mol. The highest BCUT2D eigenvalue weighted by Crippen LogP contribution is 2.51. The van der Waals surface area contributed by atoms with Crippen molar-refractivity contribution < 1.29 is 32.2 Å². The number of nitrogens with zero attached hydrogens (tertiary/aromatic N) is 2. The Labute approximate surface area is 320 Å². The van der Waals surface area contributed by atoms with Gasteiger partial charge in [-0.15, -0.1) is 0 Å². The number of benzene rings is 4. The number of unbranched alkanes of at least 4 members (excludes halogenated alkanes) is 2. The van der Waals surface area contributed by atoms with Gasteiger partial charge >= 0.3 is 7.82 Å². The van der Waals surface area contributed by atoms with E-state index in [1.807, 2.05) is 91.1 Å². The SMILES string of the molecule is CCCCCc1noc([C@H](Cc2c[nH]c3ccccc23)NC(=O)[C@H](Cc2ccc(OP(=O)(OCc3ccccc3)OCc3ccccc3)cc2)NC(C)=O)n1. The van der Waals surface area contributed by atoms with Crippen LogP contribution in [-0.2, 0) is 55.7 Å². The van der Waals surface area contributed by atoms with Gasteiger partial charge in [-0.2, -0.15) is 4.98 Å². The van der Waals surface area contributed by atoms with E-state index >= 15 is 0 Å². The first-order chi connectivity index (χ1) is 26.8. The zero-order chi connectivity index (χ0) is 38.5. The Balaban J connectivity index is 1.16. The fourth-order valence-corrected chi connectivity index (χ4v) is 7.26. The summed E-state index contributed by atoms with van der Waals surface area (Å²) in [6, 6.07) is 31.7. The highest BCUT2D eigenvalue weighted by molar-refractivity contribution is 7.48. The Morgan fingerprint density at radius 3 is 2.11 bits per heavy atom. The van der Waals surface area contributed by atoms with Crippen molar-refractivity contribution in [1.29, 1.82) is 0 Å². The van der Waals surface area contributed by atoms with Gasteiger partial charge in [0, 0.05) is 43.3 Å². The van der Waals surface area contributed by atoms with Gasteiger partial charge < -0.3 is 24.7 Å². The average Bonchev–Trinajstić information content (AvgIpc) is 3.85. The molecule has 2 amide bonds. The number of hydrogen-bond donors (Lipinski definition) is 3. The van der Waals surface area contributed by atoms with Gasteiger partial charge in [0.25, 0.3) is 0 Å². The van der Waals surface area contributed by atoms with E-state index in [1.54, 1.807) is 24.3 Å². The summed E-state index contributed by atoms with van der Waals surface area (Å²) in [6.07, 6.45) is 6.17. The van der Waals surface area contributed by atoms with Gasteiger partial charge in [-0.3, -0.25) is 18.6 Å². The highest BCUT2D eigenvalue weighted by atomic mass is 31.2. The number of phosphoric acid groups is 1. The number of H-pyrrole nitrogens is 1. The van der Waals surface area contributed by atoms with Gasteiger partial charge in [0.1, 0.15) is 17.8 Å². The minimum Gasteiger partial charge on any atom is -0.404 e. The van der Waals surface area contributed by atoms with Crippen LogP contribution in [0.4, 0.5) is 0 Å². The van der Waals surface area contributed by atoms with Gasteiger partial charge in [0.2, 0.25) is 17.7 Å². The van der Waals surface area contributed by atoms with Gasteiger partial charge in [0.05, 0.1) is 13.2 Å². The molecule has 0 fully saturated rings. The molecule has 2 atom stereocenters. The summed E-state index contributed by atoms with van der Waals surface area (Å²) >= 11 is 0. The van der Waals surface area contributed by atoms with E-state index in [9.17, 15) is 14.2 Å². The quantitative estimate of drug-likeness (QED) is 0.0514. The number of carbonyl (C=O) groups excluding carboxylic acids is 2. The van der Waals surface area contributed by atoms with Crippen LogP contribution in [0.2, 0.25) is 0 Å². The topological polar surface area (TPSA) is 158 Å². The van der Waals surface area contributed by atoms with Gasteiger partial charge in [-0.25, -0.2) is 4.57 Å². The van der Waals surface area contributed by atoms with Crippen molar-refractivity contribution in [2.24, 2.45) is 0 Å². The second kappa shape index (κ2) is 19.2. The molecule has 0 radical (unpaired) electrons. The lowest BCUT2D eigenvalue weighted by Gasteiger charge is -2.22. The van der Waals surface area contributed by atoms with E-state index in [1.165, 1.54) is 6.92 Å². The predicted octanol–water partition coefficient (Wildman–Crippen LogP) is 8.35. The van der Waals surface area contributed by atoms with Gasteiger partial charge in [-0.05, 0) is 46.9 Å². The summed E-state index contributed by atoms with van der Waals surface area (Å²) in [4.78, 5) is 34.3. The molecule has 0 spiro atoms. The van der Waals surface area contributed by atoms with Crippen molar-refractivity contribution in [2.45, 2.75) is 77.7 Å². The molecule has 6 aromatic rings. The summed E-state index contributed by atoms with van der Waals surface area (Å²) < 4.78 is 37.0. The Morgan fingerprint density at radius 1 is 0.800 bits per heavy atom. The van der Waals surface area contributed by atoms with E-state index in [0.29, 0.717) is 24.6 Å². The number of amides is 2. The van der Waals surface area contributed by atoms with Crippen LogP contribution in [0.1, 0.15) is 73.1 Å². The molecule has 286 valence electrons. The molecule has 13 heteroatoms. The van der Waals surface area contributed by atoms with Crippen LogP contribution in [-0.4, -0.2) is 33.0 Å². The molecule has 2 heterocycles.